The average Bonchev–Trinajstić information content (AvgIpc) is 3.41. The Morgan fingerprint density at radius 3 is 2.55 bits per heavy atom. The topological polar surface area (TPSA) is 66.8 Å². The van der Waals surface area contributed by atoms with Gasteiger partial charge in [0.1, 0.15) is 17.3 Å². The van der Waals surface area contributed by atoms with Crippen LogP contribution in [0.1, 0.15) is 41.0 Å². The number of hydrogen-bond acceptors (Lipinski definition) is 5. The molecular formula is C26H24FNO4S. The summed E-state index contributed by atoms with van der Waals surface area (Å²) in [5, 5.41) is 13.1. The molecule has 2 aromatic carbocycles. The highest BCUT2D eigenvalue weighted by Gasteiger charge is 2.46. The summed E-state index contributed by atoms with van der Waals surface area (Å²) in [6, 6.07) is 13.7. The predicted molar refractivity (Wildman–Crippen MR) is 126 cm³/mol. The number of aliphatic hydroxyl groups excluding tert-OH is 1. The number of ketones is 1. The van der Waals surface area contributed by atoms with Gasteiger partial charge in [0, 0.05) is 10.4 Å². The van der Waals surface area contributed by atoms with Gasteiger partial charge in [0.25, 0.3) is 11.7 Å². The van der Waals surface area contributed by atoms with Gasteiger partial charge in [-0.3, -0.25) is 9.59 Å². The Kier molecular flexibility index (Phi) is 6.60. The van der Waals surface area contributed by atoms with Crippen LogP contribution in [-0.4, -0.2) is 28.3 Å². The Hall–Kier alpha value is -3.45. The third kappa shape index (κ3) is 4.54. The first-order valence-corrected chi connectivity index (χ1v) is 11.6. The van der Waals surface area contributed by atoms with E-state index in [4.69, 9.17) is 4.74 Å². The summed E-state index contributed by atoms with van der Waals surface area (Å²) in [6.07, 6.45) is 0.868. The molecule has 2 heterocycles. The molecule has 3 aromatic rings. The van der Waals surface area contributed by atoms with E-state index in [-0.39, 0.29) is 17.9 Å². The van der Waals surface area contributed by atoms with Crippen LogP contribution in [0.3, 0.4) is 0 Å². The highest BCUT2D eigenvalue weighted by atomic mass is 32.1. The van der Waals surface area contributed by atoms with E-state index < -0.39 is 23.5 Å². The standard InChI is InChI=1S/C26H24FNO4S/c1-3-12-32-21-11-8-18(14-16(21)2)24(29)22-23(17-6-9-19(27)10-7-17)28(26(31)25(22)30)15-20-5-4-13-33-20/h4-11,13-14,23,29H,3,12,15H2,1-2H3/b24-22-. The van der Waals surface area contributed by atoms with Crippen molar-refractivity contribution < 1.29 is 23.8 Å². The summed E-state index contributed by atoms with van der Waals surface area (Å²) in [5.41, 5.74) is 1.76. The van der Waals surface area contributed by atoms with Gasteiger partial charge in [-0.1, -0.05) is 25.1 Å². The van der Waals surface area contributed by atoms with Crippen molar-refractivity contribution in [3.63, 3.8) is 0 Å². The minimum atomic E-state index is -0.830. The lowest BCUT2D eigenvalue weighted by molar-refractivity contribution is -0.140. The Morgan fingerprint density at radius 2 is 1.91 bits per heavy atom. The maximum atomic E-state index is 13.6. The molecule has 0 spiro atoms. The number of carbonyl (C=O) groups excluding carboxylic acids is 2. The second-order valence-corrected chi connectivity index (χ2v) is 8.92. The summed E-state index contributed by atoms with van der Waals surface area (Å²) in [4.78, 5) is 28.4. The van der Waals surface area contributed by atoms with Crippen molar-refractivity contribution in [2.24, 2.45) is 0 Å². The highest BCUT2D eigenvalue weighted by Crippen LogP contribution is 2.41. The predicted octanol–water partition coefficient (Wildman–Crippen LogP) is 5.61. The molecule has 1 fully saturated rings. The van der Waals surface area contributed by atoms with E-state index in [9.17, 15) is 19.1 Å². The normalized spacial score (nSPS) is 17.5. The molecule has 33 heavy (non-hydrogen) atoms. The average molecular weight is 466 g/mol. The lowest BCUT2D eigenvalue weighted by Gasteiger charge is -2.25. The maximum absolute atomic E-state index is 13.6. The summed E-state index contributed by atoms with van der Waals surface area (Å²) >= 11 is 1.47. The quantitative estimate of drug-likeness (QED) is 0.280. The fourth-order valence-electron chi connectivity index (χ4n) is 3.93. The maximum Gasteiger partial charge on any atom is 0.295 e. The molecule has 1 aromatic heterocycles. The van der Waals surface area contributed by atoms with Crippen LogP contribution in [-0.2, 0) is 16.1 Å². The summed E-state index contributed by atoms with van der Waals surface area (Å²) in [6.45, 7) is 4.66. The molecule has 1 aliphatic heterocycles. The van der Waals surface area contributed by atoms with E-state index in [1.807, 2.05) is 31.4 Å². The van der Waals surface area contributed by atoms with Crippen molar-refractivity contribution in [1.82, 2.24) is 4.90 Å². The van der Waals surface area contributed by atoms with Crippen LogP contribution in [0.15, 0.2) is 65.6 Å². The van der Waals surface area contributed by atoms with E-state index in [0.717, 1.165) is 16.9 Å². The first-order valence-electron chi connectivity index (χ1n) is 10.7. The van der Waals surface area contributed by atoms with E-state index >= 15 is 0 Å². The molecule has 4 rings (SSSR count). The van der Waals surface area contributed by atoms with Gasteiger partial charge in [-0.2, -0.15) is 0 Å². The Labute approximate surface area is 195 Å². The van der Waals surface area contributed by atoms with Crippen LogP contribution in [0.25, 0.3) is 5.76 Å². The zero-order valence-corrected chi connectivity index (χ0v) is 19.2. The summed E-state index contributed by atoms with van der Waals surface area (Å²) in [5.74, 6) is -1.45. The minimum Gasteiger partial charge on any atom is -0.507 e. The van der Waals surface area contributed by atoms with Gasteiger partial charge in [-0.25, -0.2) is 4.39 Å². The van der Waals surface area contributed by atoms with Gasteiger partial charge in [0.2, 0.25) is 0 Å². The number of likely N-dealkylation sites (tertiary alicyclic amines) is 1. The van der Waals surface area contributed by atoms with Crippen molar-refractivity contribution in [3.8, 4) is 5.75 Å². The number of rotatable bonds is 7. The van der Waals surface area contributed by atoms with E-state index in [1.165, 1.54) is 40.5 Å². The molecule has 1 unspecified atom stereocenters. The zero-order chi connectivity index (χ0) is 23.5. The first-order chi connectivity index (χ1) is 15.9. The van der Waals surface area contributed by atoms with Gasteiger partial charge in [-0.05, 0) is 66.2 Å². The Balaban J connectivity index is 1.80. The lowest BCUT2D eigenvalue weighted by atomic mass is 9.94. The van der Waals surface area contributed by atoms with Gasteiger partial charge < -0.3 is 14.7 Å². The number of nitrogens with zero attached hydrogens (tertiary/aromatic N) is 1. The fraction of sp³-hybridized carbons (Fsp3) is 0.231. The van der Waals surface area contributed by atoms with E-state index in [0.29, 0.717) is 23.5 Å². The van der Waals surface area contributed by atoms with E-state index in [2.05, 4.69) is 0 Å². The highest BCUT2D eigenvalue weighted by molar-refractivity contribution is 7.09. The molecular weight excluding hydrogens is 441 g/mol. The monoisotopic (exact) mass is 465 g/mol. The molecule has 0 aliphatic carbocycles. The van der Waals surface area contributed by atoms with Crippen LogP contribution in [0.2, 0.25) is 0 Å². The number of thiophene rings is 1. The molecule has 0 saturated carbocycles. The number of carbonyl (C=O) groups is 2. The molecule has 7 heteroatoms. The third-order valence-electron chi connectivity index (χ3n) is 5.54. The van der Waals surface area contributed by atoms with Gasteiger partial charge >= 0.3 is 0 Å². The number of aliphatic hydroxyl groups is 1. The molecule has 1 amide bonds. The second-order valence-electron chi connectivity index (χ2n) is 7.89. The third-order valence-corrected chi connectivity index (χ3v) is 6.40. The number of ether oxygens (including phenoxy) is 1. The van der Waals surface area contributed by atoms with Crippen molar-refractivity contribution >= 4 is 28.8 Å². The Morgan fingerprint density at radius 1 is 1.15 bits per heavy atom. The van der Waals surface area contributed by atoms with E-state index in [1.54, 1.807) is 18.2 Å². The second kappa shape index (κ2) is 9.58. The molecule has 170 valence electrons. The van der Waals surface area contributed by atoms with Crippen LogP contribution in [0.5, 0.6) is 5.75 Å². The van der Waals surface area contributed by atoms with Gasteiger partial charge in [-0.15, -0.1) is 11.3 Å². The summed E-state index contributed by atoms with van der Waals surface area (Å²) < 4.78 is 19.3. The number of amides is 1. The van der Waals surface area contributed by atoms with Crippen LogP contribution < -0.4 is 4.74 Å². The van der Waals surface area contributed by atoms with Crippen molar-refractivity contribution in [3.05, 3.63) is 92.9 Å². The largest absolute Gasteiger partial charge is 0.507 e. The van der Waals surface area contributed by atoms with Gasteiger partial charge in [0.15, 0.2) is 0 Å². The molecule has 0 radical (unpaired) electrons. The zero-order valence-electron chi connectivity index (χ0n) is 18.4. The SMILES string of the molecule is CCCOc1ccc(/C(O)=C2/C(=O)C(=O)N(Cc3cccs3)C2c2ccc(F)cc2)cc1C. The van der Waals surface area contributed by atoms with Crippen LogP contribution in [0, 0.1) is 12.7 Å². The number of benzene rings is 2. The molecule has 1 aliphatic rings. The molecule has 1 N–H and O–H groups in total. The molecule has 1 saturated heterocycles. The number of Topliss-reactive ketones (excluding diaryl/α,β-unsaturated/α-hetero) is 1. The van der Waals surface area contributed by atoms with Crippen LogP contribution >= 0.6 is 11.3 Å². The molecule has 1 atom stereocenters. The van der Waals surface area contributed by atoms with Crippen LogP contribution in [0.4, 0.5) is 4.39 Å². The van der Waals surface area contributed by atoms with Crippen molar-refractivity contribution in [2.45, 2.75) is 32.9 Å². The lowest BCUT2D eigenvalue weighted by Crippen LogP contribution is -2.28. The number of hydrogen-bond donors (Lipinski definition) is 1. The Bertz CT molecular complexity index is 1200. The number of aryl methyl sites for hydroxylation is 1. The van der Waals surface area contributed by atoms with Gasteiger partial charge in [0.05, 0.1) is 24.8 Å². The summed E-state index contributed by atoms with van der Waals surface area (Å²) in [7, 11) is 0. The van der Waals surface area contributed by atoms with Crippen molar-refractivity contribution in [1.29, 1.82) is 0 Å². The van der Waals surface area contributed by atoms with Crippen molar-refractivity contribution in [2.75, 3.05) is 6.61 Å². The fourth-order valence-corrected chi connectivity index (χ4v) is 4.63. The number of halogens is 1. The molecule has 0 bridgehead atoms. The minimum absolute atomic E-state index is 0.00945. The molecule has 5 nitrogen and oxygen atoms in total. The smallest absolute Gasteiger partial charge is 0.295 e. The first kappa shape index (κ1) is 22.7.